The Kier molecular flexibility index (Phi) is 11.2. The highest BCUT2D eigenvalue weighted by atomic mass is 19.4. The van der Waals surface area contributed by atoms with Crippen LogP contribution in [-0.2, 0) is 0 Å². The first-order chi connectivity index (χ1) is 27.8. The second-order valence-corrected chi connectivity index (χ2v) is 14.3. The summed E-state index contributed by atoms with van der Waals surface area (Å²) >= 11 is 0. The summed E-state index contributed by atoms with van der Waals surface area (Å²) in [4.78, 5) is 10.9. The SMILES string of the molecule is Cc1ccc(N(c2ccc(C)cc2)c2ccc(N(c3ccc(N(c4ccc(C)cc4)c4ccc(C)cc4)cc3)c3ccc(/C(N)=C/C(=N)C(F)(F)F)nc3)cc2)cc1. The molecule has 6 aromatic carbocycles. The van der Waals surface area contributed by atoms with E-state index in [0.29, 0.717) is 11.8 Å². The van der Waals surface area contributed by atoms with Gasteiger partial charge < -0.3 is 20.4 Å². The maximum atomic E-state index is 13.1. The molecule has 9 heteroatoms. The van der Waals surface area contributed by atoms with E-state index in [0.717, 1.165) is 45.5 Å². The number of allylic oxidation sites excluding steroid dienone is 1. The van der Waals surface area contributed by atoms with E-state index in [1.807, 2.05) is 29.2 Å². The molecule has 0 amide bonds. The number of nitrogens with zero attached hydrogens (tertiary/aromatic N) is 4. The average molecular weight is 773 g/mol. The number of aryl methyl sites for hydroxylation is 4. The zero-order chi connectivity index (χ0) is 41.0. The Hall–Kier alpha value is -7.13. The summed E-state index contributed by atoms with van der Waals surface area (Å²) in [6, 6.07) is 53.4. The van der Waals surface area contributed by atoms with Crippen LogP contribution in [0.2, 0.25) is 0 Å². The molecule has 0 atom stereocenters. The Bertz CT molecular complexity index is 2280. The van der Waals surface area contributed by atoms with Gasteiger partial charge in [-0.3, -0.25) is 10.4 Å². The van der Waals surface area contributed by atoms with Crippen LogP contribution in [0, 0.1) is 33.1 Å². The van der Waals surface area contributed by atoms with E-state index >= 15 is 0 Å². The second-order valence-electron chi connectivity index (χ2n) is 14.3. The van der Waals surface area contributed by atoms with Gasteiger partial charge >= 0.3 is 6.18 Å². The maximum Gasteiger partial charge on any atom is 0.432 e. The van der Waals surface area contributed by atoms with Gasteiger partial charge in [-0.25, -0.2) is 0 Å². The quantitative estimate of drug-likeness (QED) is 0.128. The monoisotopic (exact) mass is 772 g/mol. The Balaban J connectivity index is 1.30. The number of aromatic nitrogens is 1. The van der Waals surface area contributed by atoms with Crippen molar-refractivity contribution >= 4 is 62.6 Å². The summed E-state index contributed by atoms with van der Waals surface area (Å²) in [5, 5.41) is 7.38. The summed E-state index contributed by atoms with van der Waals surface area (Å²) in [7, 11) is 0. The van der Waals surface area contributed by atoms with Crippen LogP contribution in [0.25, 0.3) is 5.70 Å². The summed E-state index contributed by atoms with van der Waals surface area (Å²) < 4.78 is 39.4. The van der Waals surface area contributed by atoms with Crippen LogP contribution < -0.4 is 20.4 Å². The number of benzene rings is 6. The van der Waals surface area contributed by atoms with Gasteiger partial charge in [0, 0.05) is 45.5 Å². The standard InChI is InChI=1S/C49H43F3N6/c1-33-5-13-37(14-6-33)56(38-15-7-34(2)8-16-38)41-21-25-43(26-22-41)58(45-29-30-47(55-32-45)46(53)31-48(54)49(50,51)52)44-27-23-42(24-28-44)57(39-17-9-35(3)10-18-39)40-19-11-36(4)12-20-40/h5-32,54H,53H2,1-4H3/b46-31-,54-48?. The van der Waals surface area contributed by atoms with Crippen LogP contribution in [0.3, 0.4) is 0 Å². The zero-order valence-corrected chi connectivity index (χ0v) is 32.7. The number of anilines is 9. The number of hydrogen-bond donors (Lipinski definition) is 2. The Morgan fingerprint density at radius 3 is 0.931 bits per heavy atom. The summed E-state index contributed by atoms with van der Waals surface area (Å²) in [5.74, 6) is 0. The lowest BCUT2D eigenvalue weighted by molar-refractivity contribution is -0.0583. The van der Waals surface area contributed by atoms with Crippen molar-refractivity contribution in [1.29, 1.82) is 5.41 Å². The van der Waals surface area contributed by atoms with Crippen molar-refractivity contribution in [3.63, 3.8) is 0 Å². The first-order valence-corrected chi connectivity index (χ1v) is 18.8. The number of nitrogens with one attached hydrogen (secondary N) is 1. The summed E-state index contributed by atoms with van der Waals surface area (Å²) in [6.45, 7) is 8.27. The van der Waals surface area contributed by atoms with E-state index in [1.54, 1.807) is 18.3 Å². The van der Waals surface area contributed by atoms with Crippen molar-refractivity contribution in [1.82, 2.24) is 4.98 Å². The second kappa shape index (κ2) is 16.5. The van der Waals surface area contributed by atoms with Gasteiger partial charge in [0.05, 0.1) is 23.3 Å². The Morgan fingerprint density at radius 2 is 0.690 bits per heavy atom. The van der Waals surface area contributed by atoms with Crippen LogP contribution in [0.1, 0.15) is 27.9 Å². The van der Waals surface area contributed by atoms with Crippen LogP contribution in [0.4, 0.5) is 64.4 Å². The van der Waals surface area contributed by atoms with E-state index < -0.39 is 11.9 Å². The molecule has 1 heterocycles. The van der Waals surface area contributed by atoms with Gasteiger partial charge in [0.25, 0.3) is 0 Å². The van der Waals surface area contributed by atoms with E-state index in [4.69, 9.17) is 11.1 Å². The highest BCUT2D eigenvalue weighted by Gasteiger charge is 2.33. The molecule has 1 aromatic heterocycles. The van der Waals surface area contributed by atoms with E-state index in [1.165, 1.54) is 22.3 Å². The first kappa shape index (κ1) is 39.1. The maximum absolute atomic E-state index is 13.1. The fourth-order valence-electron chi connectivity index (χ4n) is 6.62. The van der Waals surface area contributed by atoms with Gasteiger partial charge in [-0.05, 0) is 143 Å². The highest BCUT2D eigenvalue weighted by Crippen LogP contribution is 2.41. The molecule has 0 radical (unpaired) electrons. The Labute approximate surface area is 337 Å². The minimum atomic E-state index is -4.82. The van der Waals surface area contributed by atoms with Gasteiger partial charge in [-0.15, -0.1) is 0 Å². The molecule has 7 aromatic rings. The average Bonchev–Trinajstić information content (AvgIpc) is 3.22. The third-order valence-corrected chi connectivity index (χ3v) is 9.81. The largest absolute Gasteiger partial charge is 0.432 e. The Morgan fingerprint density at radius 1 is 0.448 bits per heavy atom. The van der Waals surface area contributed by atoms with Crippen molar-refractivity contribution in [3.8, 4) is 0 Å². The normalized spacial score (nSPS) is 11.6. The van der Waals surface area contributed by atoms with Crippen LogP contribution in [0.15, 0.2) is 170 Å². The van der Waals surface area contributed by atoms with Crippen LogP contribution in [0.5, 0.6) is 0 Å². The van der Waals surface area contributed by atoms with E-state index in [2.05, 4.69) is 164 Å². The van der Waals surface area contributed by atoms with Gasteiger partial charge in [-0.2, -0.15) is 13.2 Å². The summed E-state index contributed by atoms with van der Waals surface area (Å²) in [6.07, 6.45) is -2.66. The summed E-state index contributed by atoms with van der Waals surface area (Å²) in [5.41, 5.74) is 17.3. The molecule has 0 bridgehead atoms. The molecule has 0 aliphatic rings. The molecule has 0 spiro atoms. The molecule has 3 N–H and O–H groups in total. The first-order valence-electron chi connectivity index (χ1n) is 18.8. The van der Waals surface area contributed by atoms with Gasteiger partial charge in [0.1, 0.15) is 5.71 Å². The fourth-order valence-corrected chi connectivity index (χ4v) is 6.62. The number of alkyl halides is 3. The molecule has 290 valence electrons. The topological polar surface area (TPSA) is 72.5 Å². The van der Waals surface area contributed by atoms with Crippen molar-refractivity contribution < 1.29 is 13.2 Å². The lowest BCUT2D eigenvalue weighted by Crippen LogP contribution is -2.20. The van der Waals surface area contributed by atoms with Gasteiger partial charge in [-0.1, -0.05) is 70.8 Å². The number of nitrogens with two attached hydrogens (primary N) is 1. The lowest BCUT2D eigenvalue weighted by Gasteiger charge is -2.29. The van der Waals surface area contributed by atoms with Gasteiger partial charge in [0.15, 0.2) is 0 Å². The predicted octanol–water partition coefficient (Wildman–Crippen LogP) is 13.6. The van der Waals surface area contributed by atoms with Crippen molar-refractivity contribution in [2.75, 3.05) is 14.7 Å². The molecule has 0 fully saturated rings. The smallest absolute Gasteiger partial charge is 0.397 e. The zero-order valence-electron chi connectivity index (χ0n) is 32.7. The lowest BCUT2D eigenvalue weighted by atomic mass is 10.1. The predicted molar refractivity (Wildman–Crippen MR) is 233 cm³/mol. The molecular weight excluding hydrogens is 730 g/mol. The molecule has 0 saturated carbocycles. The molecule has 0 unspecified atom stereocenters. The molecule has 0 aliphatic carbocycles. The van der Waals surface area contributed by atoms with Crippen molar-refractivity contribution in [3.05, 3.63) is 198 Å². The molecule has 6 nitrogen and oxygen atoms in total. The fraction of sp³-hybridized carbons (Fsp3) is 0.102. The highest BCUT2D eigenvalue weighted by molar-refractivity contribution is 6.01. The number of hydrogen-bond acceptors (Lipinski definition) is 6. The molecule has 0 aliphatic heterocycles. The molecule has 58 heavy (non-hydrogen) atoms. The number of halogens is 3. The van der Waals surface area contributed by atoms with Crippen molar-refractivity contribution in [2.24, 2.45) is 5.73 Å². The van der Waals surface area contributed by atoms with Gasteiger partial charge in [0.2, 0.25) is 0 Å². The minimum Gasteiger partial charge on any atom is -0.397 e. The number of pyridine rings is 1. The molecule has 0 saturated heterocycles. The van der Waals surface area contributed by atoms with Crippen molar-refractivity contribution in [2.45, 2.75) is 33.9 Å². The van der Waals surface area contributed by atoms with E-state index in [-0.39, 0.29) is 11.4 Å². The minimum absolute atomic E-state index is 0.127. The third-order valence-electron chi connectivity index (χ3n) is 9.81. The van der Waals surface area contributed by atoms with Crippen LogP contribution in [-0.4, -0.2) is 16.9 Å². The van der Waals surface area contributed by atoms with Crippen LogP contribution >= 0.6 is 0 Å². The van der Waals surface area contributed by atoms with E-state index in [9.17, 15) is 13.2 Å². The third kappa shape index (κ3) is 8.79. The number of rotatable bonds is 11. The molecule has 7 rings (SSSR count). The molecular formula is C49H43F3N6.